The van der Waals surface area contributed by atoms with Gasteiger partial charge in [-0.2, -0.15) is 0 Å². The Morgan fingerprint density at radius 3 is 2.40 bits per heavy atom. The number of aromatic nitrogens is 3. The van der Waals surface area contributed by atoms with Gasteiger partial charge in [-0.1, -0.05) is 0 Å². The van der Waals surface area contributed by atoms with Crippen LogP contribution < -0.4 is 0 Å². The molecule has 0 spiro atoms. The summed E-state index contributed by atoms with van der Waals surface area (Å²) in [7, 11) is 0. The molecule has 1 aromatic carbocycles. The maximum absolute atomic E-state index is 12.8. The highest BCUT2D eigenvalue weighted by Crippen LogP contribution is 2.11. The van der Waals surface area contributed by atoms with Crippen molar-refractivity contribution in [1.82, 2.24) is 15.2 Å². The van der Waals surface area contributed by atoms with Gasteiger partial charge in [0.05, 0.1) is 0 Å². The molecule has 0 atom stereocenters. The Bertz CT molecular complexity index is 464. The molecule has 6 heteroatoms. The van der Waals surface area contributed by atoms with Crippen LogP contribution >= 0.6 is 11.6 Å². The van der Waals surface area contributed by atoms with E-state index >= 15 is 0 Å². The van der Waals surface area contributed by atoms with Crippen LogP contribution in [0.4, 0.5) is 8.78 Å². The Balaban J connectivity index is 2.24. The van der Waals surface area contributed by atoms with Gasteiger partial charge >= 0.3 is 0 Å². The molecular weight excluding hydrogens is 224 g/mol. The third-order valence-corrected chi connectivity index (χ3v) is 1.97. The highest BCUT2D eigenvalue weighted by Gasteiger charge is 2.05. The summed E-state index contributed by atoms with van der Waals surface area (Å²) in [5.41, 5.74) is 0.473. The minimum Gasteiger partial charge on any atom is -0.261 e. The average molecular weight is 230 g/mol. The van der Waals surface area contributed by atoms with Crippen LogP contribution in [0, 0.1) is 11.6 Å². The molecule has 0 aliphatic carbocycles. The molecule has 0 fully saturated rings. The number of hydrogen-bond donors (Lipinski definition) is 1. The van der Waals surface area contributed by atoms with Crippen molar-refractivity contribution in [2.75, 3.05) is 0 Å². The van der Waals surface area contributed by atoms with Gasteiger partial charge in [0.1, 0.15) is 17.5 Å². The number of nitrogens with zero attached hydrogens (tertiary/aromatic N) is 2. The molecule has 0 aliphatic rings. The first-order valence-corrected chi connectivity index (χ1v) is 4.53. The fourth-order valence-corrected chi connectivity index (χ4v) is 1.40. The molecule has 3 nitrogen and oxygen atoms in total. The lowest BCUT2D eigenvalue weighted by atomic mass is 10.1. The summed E-state index contributed by atoms with van der Waals surface area (Å²) in [4.78, 5) is 3.82. The van der Waals surface area contributed by atoms with Crippen LogP contribution in [0.5, 0.6) is 0 Å². The van der Waals surface area contributed by atoms with Gasteiger partial charge in [0.15, 0.2) is 0 Å². The molecule has 1 N–H and O–H groups in total. The van der Waals surface area contributed by atoms with E-state index in [0.717, 1.165) is 6.07 Å². The molecule has 2 aromatic rings. The van der Waals surface area contributed by atoms with E-state index < -0.39 is 11.6 Å². The number of nitrogens with one attached hydrogen (secondary N) is 1. The first kappa shape index (κ1) is 10.0. The molecule has 0 amide bonds. The molecule has 0 saturated heterocycles. The summed E-state index contributed by atoms with van der Waals surface area (Å²) in [6, 6.07) is 3.29. The molecule has 78 valence electrons. The largest absolute Gasteiger partial charge is 0.261 e. The molecule has 2 rings (SSSR count). The second-order valence-electron chi connectivity index (χ2n) is 3.01. The van der Waals surface area contributed by atoms with Crippen LogP contribution in [-0.4, -0.2) is 15.2 Å². The zero-order valence-electron chi connectivity index (χ0n) is 7.47. The monoisotopic (exact) mass is 229 g/mol. The highest BCUT2D eigenvalue weighted by atomic mass is 35.5. The molecule has 1 aromatic heterocycles. The van der Waals surface area contributed by atoms with Crippen LogP contribution in [0.1, 0.15) is 11.4 Å². The molecule has 0 aliphatic heterocycles. The maximum atomic E-state index is 12.8. The molecule has 1 heterocycles. The summed E-state index contributed by atoms with van der Waals surface area (Å²) in [5, 5.41) is 6.24. The van der Waals surface area contributed by atoms with Gasteiger partial charge in [-0.05, 0) is 29.3 Å². The van der Waals surface area contributed by atoms with Crippen molar-refractivity contribution in [1.29, 1.82) is 0 Å². The lowest BCUT2D eigenvalue weighted by Crippen LogP contribution is -1.93. The van der Waals surface area contributed by atoms with Crippen molar-refractivity contribution < 1.29 is 8.78 Å². The molecule has 15 heavy (non-hydrogen) atoms. The van der Waals surface area contributed by atoms with Crippen molar-refractivity contribution >= 4 is 11.6 Å². The Kier molecular flexibility index (Phi) is 2.64. The van der Waals surface area contributed by atoms with Crippen molar-refractivity contribution in [3.05, 3.63) is 46.5 Å². The van der Waals surface area contributed by atoms with Gasteiger partial charge in [-0.3, -0.25) is 5.10 Å². The van der Waals surface area contributed by atoms with E-state index in [4.69, 9.17) is 11.6 Å². The van der Waals surface area contributed by atoms with Gasteiger partial charge in [0.25, 0.3) is 0 Å². The van der Waals surface area contributed by atoms with Crippen LogP contribution in [0.2, 0.25) is 5.28 Å². The number of halogens is 3. The molecule has 0 saturated carbocycles. The van der Waals surface area contributed by atoms with E-state index in [0.29, 0.717) is 11.4 Å². The summed E-state index contributed by atoms with van der Waals surface area (Å²) >= 11 is 5.49. The van der Waals surface area contributed by atoms with E-state index in [9.17, 15) is 8.78 Å². The summed E-state index contributed by atoms with van der Waals surface area (Å²) in [6.07, 6.45) is 0.258. The fourth-order valence-electron chi connectivity index (χ4n) is 1.26. The summed E-state index contributed by atoms with van der Waals surface area (Å²) in [6.45, 7) is 0. The van der Waals surface area contributed by atoms with E-state index in [-0.39, 0.29) is 11.7 Å². The predicted octanol–water partition coefficient (Wildman–Crippen LogP) is 2.33. The lowest BCUT2D eigenvalue weighted by molar-refractivity contribution is 0.580. The molecule has 0 bridgehead atoms. The van der Waals surface area contributed by atoms with Crippen molar-refractivity contribution in [2.45, 2.75) is 6.42 Å². The first-order chi connectivity index (χ1) is 7.13. The maximum Gasteiger partial charge on any atom is 0.242 e. The van der Waals surface area contributed by atoms with Crippen molar-refractivity contribution in [3.63, 3.8) is 0 Å². The normalized spacial score (nSPS) is 10.6. The standard InChI is InChI=1S/C9H6ClF2N3/c10-9-13-8(14-15-9)3-5-1-6(11)4-7(12)2-5/h1-2,4H,3H2,(H,13,14,15). The molecular formula is C9H6ClF2N3. The average Bonchev–Trinajstić information content (AvgIpc) is 2.49. The topological polar surface area (TPSA) is 41.6 Å². The van der Waals surface area contributed by atoms with Crippen molar-refractivity contribution in [3.8, 4) is 0 Å². The fraction of sp³-hybridized carbons (Fsp3) is 0.111. The number of rotatable bonds is 2. The lowest BCUT2D eigenvalue weighted by Gasteiger charge is -1.98. The quantitative estimate of drug-likeness (QED) is 0.859. The molecule has 0 radical (unpaired) electrons. The minimum absolute atomic E-state index is 0.0851. The van der Waals surface area contributed by atoms with Crippen molar-refractivity contribution in [2.24, 2.45) is 0 Å². The summed E-state index contributed by atoms with van der Waals surface area (Å²) in [5.74, 6) is -0.767. The van der Waals surface area contributed by atoms with E-state index in [1.54, 1.807) is 0 Å². The van der Waals surface area contributed by atoms with E-state index in [1.807, 2.05) is 0 Å². The van der Waals surface area contributed by atoms with Gasteiger partial charge in [0.2, 0.25) is 5.28 Å². The second-order valence-corrected chi connectivity index (χ2v) is 3.34. The van der Waals surface area contributed by atoms with Gasteiger partial charge in [-0.25, -0.2) is 13.8 Å². The number of hydrogen-bond acceptors (Lipinski definition) is 2. The predicted molar refractivity (Wildman–Crippen MR) is 50.6 cm³/mol. The Labute approximate surface area is 89.1 Å². The third-order valence-electron chi connectivity index (χ3n) is 1.80. The first-order valence-electron chi connectivity index (χ1n) is 4.15. The SMILES string of the molecule is Fc1cc(F)cc(Cc2nc(Cl)n[nH]2)c1. The Morgan fingerprint density at radius 2 is 1.87 bits per heavy atom. The second kappa shape index (κ2) is 3.94. The van der Waals surface area contributed by atoms with Gasteiger partial charge in [-0.15, -0.1) is 5.10 Å². The van der Waals surface area contributed by atoms with Crippen LogP contribution in [0.15, 0.2) is 18.2 Å². The zero-order valence-corrected chi connectivity index (χ0v) is 8.22. The van der Waals surface area contributed by atoms with Gasteiger partial charge < -0.3 is 0 Å². The highest BCUT2D eigenvalue weighted by molar-refractivity contribution is 6.28. The summed E-state index contributed by atoms with van der Waals surface area (Å²) < 4.78 is 25.6. The van der Waals surface area contributed by atoms with Crippen LogP contribution in [-0.2, 0) is 6.42 Å². The number of aromatic amines is 1. The number of H-pyrrole nitrogens is 1. The van der Waals surface area contributed by atoms with Crippen LogP contribution in [0.3, 0.4) is 0 Å². The Morgan fingerprint density at radius 1 is 1.20 bits per heavy atom. The minimum atomic E-state index is -0.615. The van der Waals surface area contributed by atoms with Gasteiger partial charge in [0, 0.05) is 12.5 Å². The molecule has 0 unspecified atom stereocenters. The number of benzene rings is 1. The third kappa shape index (κ3) is 2.50. The smallest absolute Gasteiger partial charge is 0.242 e. The zero-order chi connectivity index (χ0) is 10.8. The Hall–Kier alpha value is -1.49. The van der Waals surface area contributed by atoms with E-state index in [2.05, 4.69) is 15.2 Å². The van der Waals surface area contributed by atoms with E-state index in [1.165, 1.54) is 12.1 Å². The van der Waals surface area contributed by atoms with Crippen LogP contribution in [0.25, 0.3) is 0 Å².